The highest BCUT2D eigenvalue weighted by molar-refractivity contribution is 6.31. The maximum atomic E-state index is 12.8. The van der Waals surface area contributed by atoms with Gasteiger partial charge in [0.05, 0.1) is 10.6 Å². The first-order valence-corrected chi connectivity index (χ1v) is 7.46. The predicted molar refractivity (Wildman–Crippen MR) is 86.1 cm³/mol. The minimum Gasteiger partial charge on any atom is -0.454 e. The number of fused-ring (bicyclic) bond motifs is 1. The van der Waals surface area contributed by atoms with Gasteiger partial charge in [0, 0.05) is 23.5 Å². The molecule has 1 aliphatic heterocycles. The molecular weight excluding hydrogens is 359 g/mol. The van der Waals surface area contributed by atoms with E-state index in [0.717, 1.165) is 12.1 Å². The van der Waals surface area contributed by atoms with E-state index in [1.165, 1.54) is 18.3 Å². The smallest absolute Gasteiger partial charge is 0.417 e. The first kappa shape index (κ1) is 17.2. The number of hydrogen-bond donors (Lipinski definition) is 1. The van der Waals surface area contributed by atoms with Crippen molar-refractivity contribution in [2.24, 2.45) is 0 Å². The summed E-state index contributed by atoms with van der Waals surface area (Å²) in [7, 11) is 0. The van der Waals surface area contributed by atoms with Gasteiger partial charge in [0.15, 0.2) is 17.3 Å². The summed E-state index contributed by atoms with van der Waals surface area (Å²) in [4.78, 5) is 12.1. The highest BCUT2D eigenvalue weighted by Crippen LogP contribution is 2.36. The maximum Gasteiger partial charge on any atom is 0.417 e. The van der Waals surface area contributed by atoms with Gasteiger partial charge < -0.3 is 14.8 Å². The van der Waals surface area contributed by atoms with Crippen molar-refractivity contribution in [2.45, 2.75) is 6.18 Å². The molecule has 1 N–H and O–H groups in total. The van der Waals surface area contributed by atoms with Crippen LogP contribution in [0, 0.1) is 0 Å². The van der Waals surface area contributed by atoms with E-state index in [4.69, 9.17) is 21.1 Å². The van der Waals surface area contributed by atoms with Crippen LogP contribution in [0.4, 0.5) is 18.9 Å². The summed E-state index contributed by atoms with van der Waals surface area (Å²) < 4.78 is 48.7. The molecule has 2 aromatic rings. The van der Waals surface area contributed by atoms with Crippen molar-refractivity contribution in [3.8, 4) is 11.5 Å². The molecule has 0 saturated heterocycles. The number of alkyl halides is 3. The van der Waals surface area contributed by atoms with Gasteiger partial charge in [0.1, 0.15) is 0 Å². The molecule has 0 aliphatic carbocycles. The average molecular weight is 370 g/mol. The van der Waals surface area contributed by atoms with Gasteiger partial charge in [-0.2, -0.15) is 13.2 Å². The first-order valence-electron chi connectivity index (χ1n) is 7.08. The number of allylic oxidation sites excluding steroid dienone is 1. The lowest BCUT2D eigenvalue weighted by molar-refractivity contribution is -0.137. The highest BCUT2D eigenvalue weighted by Gasteiger charge is 2.33. The largest absolute Gasteiger partial charge is 0.454 e. The Morgan fingerprint density at radius 1 is 1.12 bits per heavy atom. The standard InChI is InChI=1S/C17H11ClF3NO3/c18-13-3-2-11(8-12(13)17(19,20)21)22-6-5-14(23)10-1-4-15-16(7-10)25-9-24-15/h1-8,22H,9H2/b6-5+. The van der Waals surface area contributed by atoms with Gasteiger partial charge >= 0.3 is 6.18 Å². The van der Waals surface area contributed by atoms with Crippen LogP contribution in [0.2, 0.25) is 5.02 Å². The van der Waals surface area contributed by atoms with Gasteiger partial charge in [-0.25, -0.2) is 0 Å². The normalized spacial score (nSPS) is 13.3. The van der Waals surface area contributed by atoms with E-state index in [1.807, 2.05) is 0 Å². The molecule has 0 spiro atoms. The third-order valence-electron chi connectivity index (χ3n) is 3.41. The van der Waals surface area contributed by atoms with Crippen LogP contribution in [-0.4, -0.2) is 12.6 Å². The third-order valence-corrected chi connectivity index (χ3v) is 3.74. The molecule has 0 aromatic heterocycles. The molecule has 1 aliphatic rings. The summed E-state index contributed by atoms with van der Waals surface area (Å²) in [6, 6.07) is 8.12. The van der Waals surface area contributed by atoms with E-state index in [-0.39, 0.29) is 18.3 Å². The first-order chi connectivity index (χ1) is 11.8. The number of ketones is 1. The molecule has 2 aromatic carbocycles. The lowest BCUT2D eigenvalue weighted by atomic mass is 10.1. The highest BCUT2D eigenvalue weighted by atomic mass is 35.5. The summed E-state index contributed by atoms with van der Waals surface area (Å²) in [5.74, 6) is 0.690. The lowest BCUT2D eigenvalue weighted by Crippen LogP contribution is -2.06. The molecule has 0 bridgehead atoms. The molecule has 0 fully saturated rings. The topological polar surface area (TPSA) is 47.6 Å². The Bertz CT molecular complexity index is 850. The lowest BCUT2D eigenvalue weighted by Gasteiger charge is -2.10. The predicted octanol–water partition coefficient (Wildman–Crippen LogP) is 4.90. The Balaban J connectivity index is 1.70. The summed E-state index contributed by atoms with van der Waals surface area (Å²) in [6.07, 6.45) is -2.09. The van der Waals surface area contributed by atoms with Crippen LogP contribution in [0.3, 0.4) is 0 Å². The quantitative estimate of drug-likeness (QED) is 0.615. The second-order valence-corrected chi connectivity index (χ2v) is 5.51. The van der Waals surface area contributed by atoms with Crippen molar-refractivity contribution in [1.82, 2.24) is 0 Å². The number of carbonyl (C=O) groups is 1. The zero-order valence-electron chi connectivity index (χ0n) is 12.6. The molecule has 4 nitrogen and oxygen atoms in total. The Labute approximate surface area is 145 Å². The number of carbonyl (C=O) groups excluding carboxylic acids is 1. The van der Waals surface area contributed by atoms with Crippen LogP contribution in [0.5, 0.6) is 11.5 Å². The van der Waals surface area contributed by atoms with Gasteiger partial charge in [-0.1, -0.05) is 11.6 Å². The van der Waals surface area contributed by atoms with Crippen LogP contribution in [-0.2, 0) is 6.18 Å². The van der Waals surface area contributed by atoms with Gasteiger partial charge in [0.25, 0.3) is 0 Å². The van der Waals surface area contributed by atoms with E-state index in [0.29, 0.717) is 17.1 Å². The SMILES string of the molecule is O=C(/C=C/Nc1ccc(Cl)c(C(F)(F)F)c1)c1ccc2c(c1)OCO2. The Morgan fingerprint density at radius 3 is 2.64 bits per heavy atom. The van der Waals surface area contributed by atoms with Crippen LogP contribution in [0.1, 0.15) is 15.9 Å². The number of nitrogens with one attached hydrogen (secondary N) is 1. The van der Waals surface area contributed by atoms with Crippen molar-refractivity contribution in [2.75, 3.05) is 12.1 Å². The van der Waals surface area contributed by atoms with Gasteiger partial charge in [-0.05, 0) is 36.4 Å². The van der Waals surface area contributed by atoms with E-state index in [9.17, 15) is 18.0 Å². The molecule has 0 unspecified atom stereocenters. The van der Waals surface area contributed by atoms with Gasteiger partial charge in [-0.3, -0.25) is 4.79 Å². The molecule has 25 heavy (non-hydrogen) atoms. The number of benzene rings is 2. The van der Waals surface area contributed by atoms with Crippen LogP contribution < -0.4 is 14.8 Å². The molecule has 1 heterocycles. The monoisotopic (exact) mass is 369 g/mol. The van der Waals surface area contributed by atoms with Gasteiger partial charge in [-0.15, -0.1) is 0 Å². The maximum absolute atomic E-state index is 12.8. The number of hydrogen-bond acceptors (Lipinski definition) is 4. The van der Waals surface area contributed by atoms with Crippen molar-refractivity contribution >= 4 is 23.1 Å². The van der Waals surface area contributed by atoms with Gasteiger partial charge in [0.2, 0.25) is 6.79 Å². The van der Waals surface area contributed by atoms with Crippen molar-refractivity contribution < 1.29 is 27.4 Å². The summed E-state index contributed by atoms with van der Waals surface area (Å²) in [5, 5.41) is 2.23. The van der Waals surface area contributed by atoms with Crippen LogP contribution in [0.15, 0.2) is 48.7 Å². The average Bonchev–Trinajstić information content (AvgIpc) is 3.02. The molecular formula is C17H11ClF3NO3. The second kappa shape index (κ2) is 6.68. The minimum absolute atomic E-state index is 0.0997. The van der Waals surface area contributed by atoms with Crippen molar-refractivity contribution in [3.05, 3.63) is 64.8 Å². The Morgan fingerprint density at radius 2 is 1.88 bits per heavy atom. The molecule has 3 rings (SSSR count). The van der Waals surface area contributed by atoms with Crippen molar-refractivity contribution in [3.63, 3.8) is 0 Å². The van der Waals surface area contributed by atoms with E-state index >= 15 is 0 Å². The van der Waals surface area contributed by atoms with Crippen LogP contribution in [0.25, 0.3) is 0 Å². The fourth-order valence-electron chi connectivity index (χ4n) is 2.19. The van der Waals surface area contributed by atoms with E-state index < -0.39 is 16.8 Å². The molecule has 0 radical (unpaired) electrons. The number of anilines is 1. The Kier molecular flexibility index (Phi) is 4.59. The number of halogens is 4. The van der Waals surface area contributed by atoms with Crippen LogP contribution >= 0.6 is 11.6 Å². The number of ether oxygens (including phenoxy) is 2. The van der Waals surface area contributed by atoms with Crippen molar-refractivity contribution in [1.29, 1.82) is 0 Å². The minimum atomic E-state index is -4.55. The third kappa shape index (κ3) is 3.88. The van der Waals surface area contributed by atoms with E-state index in [2.05, 4.69) is 5.32 Å². The number of rotatable bonds is 4. The molecule has 0 amide bonds. The Hall–Kier alpha value is -2.67. The second-order valence-electron chi connectivity index (χ2n) is 5.10. The molecule has 0 atom stereocenters. The fraction of sp³-hybridized carbons (Fsp3) is 0.118. The summed E-state index contributed by atoms with van der Waals surface area (Å²) in [6.45, 7) is 0.0997. The zero-order chi connectivity index (χ0) is 18.0. The fourth-order valence-corrected chi connectivity index (χ4v) is 2.42. The summed E-state index contributed by atoms with van der Waals surface area (Å²) >= 11 is 5.55. The molecule has 130 valence electrons. The zero-order valence-corrected chi connectivity index (χ0v) is 13.3. The molecule has 8 heteroatoms. The molecule has 0 saturated carbocycles. The van der Waals surface area contributed by atoms with E-state index in [1.54, 1.807) is 18.2 Å². The summed E-state index contributed by atoms with van der Waals surface area (Å²) in [5.41, 5.74) is -0.421.